The van der Waals surface area contributed by atoms with E-state index in [4.69, 9.17) is 10.2 Å². The van der Waals surface area contributed by atoms with Crippen LogP contribution in [0.5, 0.6) is 0 Å². The predicted molar refractivity (Wildman–Crippen MR) is 86.4 cm³/mol. The zero-order chi connectivity index (χ0) is 16.9. The fourth-order valence-corrected chi connectivity index (χ4v) is 2.14. The van der Waals surface area contributed by atoms with Crippen molar-refractivity contribution in [1.29, 1.82) is 0 Å². The van der Waals surface area contributed by atoms with Crippen LogP contribution in [0.1, 0.15) is 39.7 Å². The van der Waals surface area contributed by atoms with E-state index in [-0.39, 0.29) is 18.4 Å². The molecule has 5 heteroatoms. The lowest BCUT2D eigenvalue weighted by Gasteiger charge is -2.27. The van der Waals surface area contributed by atoms with Crippen LogP contribution in [-0.2, 0) is 15.0 Å². The van der Waals surface area contributed by atoms with Gasteiger partial charge < -0.3 is 15.1 Å². The lowest BCUT2D eigenvalue weighted by atomic mass is 9.87. The van der Waals surface area contributed by atoms with Crippen LogP contribution in [0, 0.1) is 5.92 Å². The highest BCUT2D eigenvalue weighted by Gasteiger charge is 2.19. The van der Waals surface area contributed by atoms with Gasteiger partial charge in [-0.15, -0.1) is 0 Å². The number of rotatable bonds is 7. The van der Waals surface area contributed by atoms with E-state index in [1.807, 2.05) is 29.2 Å². The molecule has 0 aromatic heterocycles. The van der Waals surface area contributed by atoms with Crippen LogP contribution in [0.4, 0.5) is 5.69 Å². The Balaban J connectivity index is 2.94. The fraction of sp³-hybridized carbons (Fsp3) is 0.529. The summed E-state index contributed by atoms with van der Waals surface area (Å²) in [4.78, 5) is 23.7. The molecule has 0 amide bonds. The molecule has 0 saturated carbocycles. The highest BCUT2D eigenvalue weighted by atomic mass is 16.4. The molecule has 1 atom stereocenters. The number of aliphatic carboxylic acids is 2. The summed E-state index contributed by atoms with van der Waals surface area (Å²) < 4.78 is 0. The van der Waals surface area contributed by atoms with Crippen molar-refractivity contribution >= 4 is 17.6 Å². The molecule has 0 aliphatic rings. The standard InChI is InChI=1S/C17H25NO4/c1-12(16(21)22)11-18(10-9-15(19)20)14-7-5-13(6-8-14)17(2,3)4/h5-8,12H,9-11H2,1-4H3,(H,19,20)(H,21,22). The molecule has 0 aliphatic heterocycles. The average Bonchev–Trinajstić information content (AvgIpc) is 2.42. The van der Waals surface area contributed by atoms with Crippen molar-refractivity contribution in [2.75, 3.05) is 18.0 Å². The van der Waals surface area contributed by atoms with Crippen molar-refractivity contribution in [3.8, 4) is 0 Å². The van der Waals surface area contributed by atoms with Gasteiger partial charge >= 0.3 is 11.9 Å². The Labute approximate surface area is 131 Å². The number of hydrogen-bond acceptors (Lipinski definition) is 3. The van der Waals surface area contributed by atoms with Crippen LogP contribution in [0.25, 0.3) is 0 Å². The van der Waals surface area contributed by atoms with E-state index in [9.17, 15) is 9.59 Å². The van der Waals surface area contributed by atoms with Crippen molar-refractivity contribution in [2.24, 2.45) is 5.92 Å². The van der Waals surface area contributed by atoms with Gasteiger partial charge in [0.15, 0.2) is 0 Å². The maximum Gasteiger partial charge on any atom is 0.308 e. The summed E-state index contributed by atoms with van der Waals surface area (Å²) >= 11 is 0. The van der Waals surface area contributed by atoms with Gasteiger partial charge in [0.25, 0.3) is 0 Å². The molecule has 22 heavy (non-hydrogen) atoms. The Hall–Kier alpha value is -2.04. The minimum Gasteiger partial charge on any atom is -0.481 e. The first-order chi connectivity index (χ1) is 10.1. The van der Waals surface area contributed by atoms with E-state index in [1.165, 1.54) is 5.56 Å². The molecule has 1 aromatic rings. The normalized spacial score (nSPS) is 12.7. The van der Waals surface area contributed by atoms with E-state index in [0.29, 0.717) is 6.54 Å². The van der Waals surface area contributed by atoms with Gasteiger partial charge in [-0.25, -0.2) is 0 Å². The molecular weight excluding hydrogens is 282 g/mol. The van der Waals surface area contributed by atoms with Gasteiger partial charge in [0.2, 0.25) is 0 Å². The Morgan fingerprint density at radius 3 is 2.09 bits per heavy atom. The lowest BCUT2D eigenvalue weighted by molar-refractivity contribution is -0.140. The summed E-state index contributed by atoms with van der Waals surface area (Å²) in [7, 11) is 0. The van der Waals surface area contributed by atoms with Crippen molar-refractivity contribution in [3.05, 3.63) is 29.8 Å². The van der Waals surface area contributed by atoms with Crippen LogP contribution in [-0.4, -0.2) is 35.2 Å². The zero-order valence-electron chi connectivity index (χ0n) is 13.7. The minimum atomic E-state index is -0.890. The molecule has 1 unspecified atom stereocenters. The van der Waals surface area contributed by atoms with Gasteiger partial charge in [0.1, 0.15) is 0 Å². The topological polar surface area (TPSA) is 77.8 Å². The van der Waals surface area contributed by atoms with Crippen LogP contribution in [0.15, 0.2) is 24.3 Å². The second-order valence-electron chi connectivity index (χ2n) is 6.63. The molecule has 1 rings (SSSR count). The number of benzene rings is 1. The molecule has 0 fully saturated rings. The van der Waals surface area contributed by atoms with Gasteiger partial charge in [-0.05, 0) is 23.1 Å². The van der Waals surface area contributed by atoms with Crippen LogP contribution in [0.2, 0.25) is 0 Å². The number of carbonyl (C=O) groups is 2. The maximum absolute atomic E-state index is 11.0. The molecule has 1 aromatic carbocycles. The third-order valence-corrected chi connectivity index (χ3v) is 3.61. The van der Waals surface area contributed by atoms with E-state index in [1.54, 1.807) is 6.92 Å². The third-order valence-electron chi connectivity index (χ3n) is 3.61. The Bertz CT molecular complexity index is 516. The summed E-state index contributed by atoms with van der Waals surface area (Å²) in [5.74, 6) is -2.33. The lowest BCUT2D eigenvalue weighted by Crippen LogP contribution is -2.33. The molecule has 0 heterocycles. The number of carboxylic acid groups (broad SMARTS) is 2. The Morgan fingerprint density at radius 1 is 1.14 bits per heavy atom. The first-order valence-corrected chi connectivity index (χ1v) is 7.41. The van der Waals surface area contributed by atoms with Gasteiger partial charge in [-0.2, -0.15) is 0 Å². The van der Waals surface area contributed by atoms with E-state index in [0.717, 1.165) is 5.69 Å². The van der Waals surface area contributed by atoms with Crippen molar-refractivity contribution < 1.29 is 19.8 Å². The van der Waals surface area contributed by atoms with Crippen molar-refractivity contribution in [1.82, 2.24) is 0 Å². The first kappa shape index (κ1) is 18.0. The fourth-order valence-electron chi connectivity index (χ4n) is 2.14. The molecule has 0 aliphatic carbocycles. The molecule has 0 bridgehead atoms. The molecule has 0 spiro atoms. The minimum absolute atomic E-state index is 0.0205. The number of carboxylic acids is 2. The maximum atomic E-state index is 11.0. The monoisotopic (exact) mass is 307 g/mol. The molecular formula is C17H25NO4. The SMILES string of the molecule is CC(CN(CCC(=O)O)c1ccc(C(C)(C)C)cc1)C(=O)O. The van der Waals surface area contributed by atoms with Gasteiger partial charge in [-0.3, -0.25) is 9.59 Å². The average molecular weight is 307 g/mol. The van der Waals surface area contributed by atoms with Crippen molar-refractivity contribution in [2.45, 2.75) is 39.5 Å². The summed E-state index contributed by atoms with van der Waals surface area (Å²) in [6, 6.07) is 7.87. The molecule has 0 saturated heterocycles. The Kier molecular flexibility index (Phi) is 5.97. The zero-order valence-corrected chi connectivity index (χ0v) is 13.7. The van der Waals surface area contributed by atoms with Crippen LogP contribution < -0.4 is 4.90 Å². The van der Waals surface area contributed by atoms with E-state index < -0.39 is 17.9 Å². The number of anilines is 1. The highest BCUT2D eigenvalue weighted by Crippen LogP contribution is 2.25. The molecule has 122 valence electrons. The third kappa shape index (κ3) is 5.39. The molecule has 2 N–H and O–H groups in total. The van der Waals surface area contributed by atoms with Crippen molar-refractivity contribution in [3.63, 3.8) is 0 Å². The van der Waals surface area contributed by atoms with Gasteiger partial charge in [0.05, 0.1) is 12.3 Å². The smallest absolute Gasteiger partial charge is 0.308 e. The number of hydrogen-bond donors (Lipinski definition) is 2. The molecule has 5 nitrogen and oxygen atoms in total. The quantitative estimate of drug-likeness (QED) is 0.809. The largest absolute Gasteiger partial charge is 0.481 e. The first-order valence-electron chi connectivity index (χ1n) is 7.41. The van der Waals surface area contributed by atoms with Crippen LogP contribution in [0.3, 0.4) is 0 Å². The summed E-state index contributed by atoms with van der Waals surface area (Å²) in [5, 5.41) is 17.9. The van der Waals surface area contributed by atoms with E-state index >= 15 is 0 Å². The van der Waals surface area contributed by atoms with Gasteiger partial charge in [-0.1, -0.05) is 39.8 Å². The number of nitrogens with zero attached hydrogens (tertiary/aromatic N) is 1. The van der Waals surface area contributed by atoms with Crippen LogP contribution >= 0.6 is 0 Å². The Morgan fingerprint density at radius 2 is 1.68 bits per heavy atom. The summed E-state index contributed by atoms with van der Waals surface area (Å²) in [6.45, 7) is 8.57. The van der Waals surface area contributed by atoms with Gasteiger partial charge in [0, 0.05) is 18.8 Å². The molecule has 0 radical (unpaired) electrons. The summed E-state index contributed by atoms with van der Waals surface area (Å²) in [6.07, 6.45) is -0.0205. The second-order valence-corrected chi connectivity index (χ2v) is 6.63. The highest BCUT2D eigenvalue weighted by molar-refractivity contribution is 5.71. The predicted octanol–water partition coefficient (Wildman–Crippen LogP) is 2.99. The second kappa shape index (κ2) is 7.29. The summed E-state index contributed by atoms with van der Waals surface area (Å²) in [5.41, 5.74) is 2.07. The van der Waals surface area contributed by atoms with E-state index in [2.05, 4.69) is 20.8 Å².